The normalized spacial score (nSPS) is 32.4. The van der Waals surface area contributed by atoms with Gasteiger partial charge in [-0.25, -0.2) is 0 Å². The molecule has 1 aromatic rings. The van der Waals surface area contributed by atoms with Crippen LogP contribution in [0.25, 0.3) is 0 Å². The first-order valence-corrected chi connectivity index (χ1v) is 13.5. The molecule has 0 spiro atoms. The van der Waals surface area contributed by atoms with Gasteiger partial charge in [0.1, 0.15) is 0 Å². The fraction of sp³-hybridized carbons (Fsp3) is 0.625. The first-order valence-electron chi connectivity index (χ1n) is 11.2. The number of benzene rings is 1. The van der Waals surface area contributed by atoms with Crippen LogP contribution in [0.15, 0.2) is 36.4 Å². The molecular formula is C24H34NO3P. The van der Waals surface area contributed by atoms with E-state index in [9.17, 15) is 14.3 Å². The number of amides is 1. The van der Waals surface area contributed by atoms with Gasteiger partial charge in [-0.2, -0.15) is 0 Å². The van der Waals surface area contributed by atoms with E-state index in [1.165, 1.54) is 37.1 Å². The van der Waals surface area contributed by atoms with Gasteiger partial charge < -0.3 is 10.2 Å². The number of fused-ring (bicyclic) bond motifs is 3. The van der Waals surface area contributed by atoms with Crippen LogP contribution in [-0.2, 0) is 15.8 Å². The van der Waals surface area contributed by atoms with Gasteiger partial charge in [-0.1, -0.05) is 36.4 Å². The van der Waals surface area contributed by atoms with E-state index in [1.54, 1.807) is 0 Å². The quantitative estimate of drug-likeness (QED) is 0.361. The minimum absolute atomic E-state index is 0.0183. The number of unbranched alkanes of at least 4 members (excludes halogenated alkanes) is 1. The molecule has 6 atom stereocenters. The van der Waals surface area contributed by atoms with E-state index in [2.05, 4.69) is 35.7 Å². The number of aryl methyl sites for hydroxylation is 1. The number of nitrogens with one attached hydrogen (secondary N) is 1. The minimum Gasteiger partial charge on any atom is -0.352 e. The number of carbonyl (C=O) groups excluding carboxylic acids is 1. The Bertz CT molecular complexity index is 814. The zero-order valence-electron chi connectivity index (χ0n) is 17.4. The summed E-state index contributed by atoms with van der Waals surface area (Å²) in [4.78, 5) is 22.5. The highest BCUT2D eigenvalue weighted by Crippen LogP contribution is 2.50. The predicted octanol–water partition coefficient (Wildman–Crippen LogP) is 4.87. The van der Waals surface area contributed by atoms with E-state index >= 15 is 0 Å². The van der Waals surface area contributed by atoms with Crippen molar-refractivity contribution in [1.29, 1.82) is 0 Å². The van der Waals surface area contributed by atoms with Gasteiger partial charge in [0.2, 0.25) is 5.91 Å². The Labute approximate surface area is 174 Å². The van der Waals surface area contributed by atoms with Crippen LogP contribution in [0.2, 0.25) is 0 Å². The fourth-order valence-corrected chi connectivity index (χ4v) is 6.71. The van der Waals surface area contributed by atoms with Crippen molar-refractivity contribution in [2.24, 2.45) is 17.8 Å². The Balaban J connectivity index is 1.33. The second-order valence-electron chi connectivity index (χ2n) is 9.45. The van der Waals surface area contributed by atoms with Gasteiger partial charge in [-0.3, -0.25) is 9.36 Å². The molecule has 4 rings (SSSR count). The lowest BCUT2D eigenvalue weighted by Crippen LogP contribution is -2.45. The molecule has 5 heteroatoms. The fourth-order valence-electron chi connectivity index (χ4n) is 5.94. The maximum atomic E-state index is 13.1. The Morgan fingerprint density at radius 2 is 2.00 bits per heavy atom. The summed E-state index contributed by atoms with van der Waals surface area (Å²) in [5.74, 6) is 2.16. The molecule has 0 aliphatic heterocycles. The van der Waals surface area contributed by atoms with Crippen LogP contribution in [0.3, 0.4) is 0 Å². The number of allylic oxidation sites excluding steroid dienone is 2. The van der Waals surface area contributed by atoms with Gasteiger partial charge in [0, 0.05) is 18.9 Å². The summed E-state index contributed by atoms with van der Waals surface area (Å²) in [7, 11) is -2.89. The summed E-state index contributed by atoms with van der Waals surface area (Å²) >= 11 is 0. The van der Waals surface area contributed by atoms with Crippen molar-refractivity contribution in [1.82, 2.24) is 5.32 Å². The molecule has 29 heavy (non-hydrogen) atoms. The van der Waals surface area contributed by atoms with Crippen molar-refractivity contribution in [2.75, 3.05) is 12.8 Å². The molecule has 0 aromatic heterocycles. The highest BCUT2D eigenvalue weighted by atomic mass is 31.2. The topological polar surface area (TPSA) is 66.4 Å². The van der Waals surface area contributed by atoms with Crippen molar-refractivity contribution in [3.8, 4) is 0 Å². The number of rotatable bonds is 8. The standard InChI is InChI=1S/C24H34NO3P/c1-29(27,28)15-7-3-2-4-10-21-18-11-12-19(16-18)23(21)25-24(26)22-14-13-17-8-5-6-9-20(17)22/h2,4-6,8-9,18-19,21-23H,3,7,10-16H2,1H3,(H,25,26)(H,27,28)/b4-2-/t18-,19+,21?,22?,23?/m1/s1. The van der Waals surface area contributed by atoms with Gasteiger partial charge >= 0.3 is 0 Å². The SMILES string of the molecule is CP(=O)(O)CCC/C=C\CC1C(NC(=O)C2CCc3ccccc32)[C@H]2CC[C@@H]1C2. The van der Waals surface area contributed by atoms with Crippen molar-refractivity contribution < 1.29 is 14.3 Å². The van der Waals surface area contributed by atoms with Gasteiger partial charge in [-0.15, -0.1) is 0 Å². The van der Waals surface area contributed by atoms with Gasteiger partial charge in [0.15, 0.2) is 7.37 Å². The van der Waals surface area contributed by atoms with E-state index in [0.717, 1.165) is 38.0 Å². The molecule has 0 heterocycles. The number of carbonyl (C=O) groups is 1. The molecule has 0 radical (unpaired) electrons. The van der Waals surface area contributed by atoms with Crippen LogP contribution in [0.4, 0.5) is 0 Å². The second kappa shape index (κ2) is 8.78. The summed E-state index contributed by atoms with van der Waals surface area (Å²) in [6, 6.07) is 8.70. The van der Waals surface area contributed by atoms with E-state index in [0.29, 0.717) is 24.0 Å². The third-order valence-corrected chi connectivity index (χ3v) is 8.51. The smallest absolute Gasteiger partial charge is 0.227 e. The molecule has 0 saturated heterocycles. The Morgan fingerprint density at radius 1 is 1.21 bits per heavy atom. The lowest BCUT2D eigenvalue weighted by Gasteiger charge is -2.32. The van der Waals surface area contributed by atoms with Crippen LogP contribution in [0.1, 0.15) is 62.0 Å². The molecule has 158 valence electrons. The highest BCUT2D eigenvalue weighted by Gasteiger charge is 2.48. The molecule has 4 unspecified atom stereocenters. The number of hydrogen-bond donors (Lipinski definition) is 2. The summed E-state index contributed by atoms with van der Waals surface area (Å²) < 4.78 is 11.4. The maximum absolute atomic E-state index is 13.1. The molecule has 3 aliphatic carbocycles. The van der Waals surface area contributed by atoms with E-state index < -0.39 is 7.37 Å². The summed E-state index contributed by atoms with van der Waals surface area (Å²) in [6.45, 7) is 1.43. The molecule has 2 fully saturated rings. The van der Waals surface area contributed by atoms with Crippen LogP contribution in [0.5, 0.6) is 0 Å². The molecule has 3 aliphatic rings. The maximum Gasteiger partial charge on any atom is 0.227 e. The zero-order valence-corrected chi connectivity index (χ0v) is 18.3. The Hall–Kier alpha value is -1.38. The first-order chi connectivity index (χ1) is 13.9. The average Bonchev–Trinajstić information content (AvgIpc) is 3.38. The predicted molar refractivity (Wildman–Crippen MR) is 117 cm³/mol. The first kappa shape index (κ1) is 20.9. The molecule has 2 N–H and O–H groups in total. The van der Waals surface area contributed by atoms with Gasteiger partial charge in [0.05, 0.1) is 5.92 Å². The lowest BCUT2D eigenvalue weighted by atomic mass is 9.81. The van der Waals surface area contributed by atoms with Crippen molar-refractivity contribution in [2.45, 2.75) is 63.3 Å². The van der Waals surface area contributed by atoms with Crippen LogP contribution >= 0.6 is 7.37 Å². The van der Waals surface area contributed by atoms with Crippen LogP contribution < -0.4 is 5.32 Å². The molecule has 1 amide bonds. The van der Waals surface area contributed by atoms with E-state index in [4.69, 9.17) is 0 Å². The highest BCUT2D eigenvalue weighted by molar-refractivity contribution is 7.57. The lowest BCUT2D eigenvalue weighted by molar-refractivity contribution is -0.124. The van der Waals surface area contributed by atoms with Gasteiger partial charge in [0.25, 0.3) is 0 Å². The summed E-state index contributed by atoms with van der Waals surface area (Å²) in [5.41, 5.74) is 2.56. The monoisotopic (exact) mass is 415 g/mol. The van der Waals surface area contributed by atoms with E-state index in [-0.39, 0.29) is 11.8 Å². The Kier molecular flexibility index (Phi) is 6.32. The number of hydrogen-bond acceptors (Lipinski definition) is 2. The minimum atomic E-state index is -2.89. The van der Waals surface area contributed by atoms with Crippen molar-refractivity contribution in [3.63, 3.8) is 0 Å². The van der Waals surface area contributed by atoms with Crippen molar-refractivity contribution >= 4 is 13.3 Å². The molecule has 2 saturated carbocycles. The largest absolute Gasteiger partial charge is 0.352 e. The van der Waals surface area contributed by atoms with E-state index in [1.807, 2.05) is 6.07 Å². The average molecular weight is 416 g/mol. The van der Waals surface area contributed by atoms with Gasteiger partial charge in [-0.05, 0) is 80.2 Å². The third kappa shape index (κ3) is 4.86. The molecule has 1 aromatic carbocycles. The third-order valence-electron chi connectivity index (χ3n) is 7.37. The zero-order chi connectivity index (χ0) is 20.4. The van der Waals surface area contributed by atoms with Crippen molar-refractivity contribution in [3.05, 3.63) is 47.5 Å². The molecule has 4 nitrogen and oxygen atoms in total. The Morgan fingerprint density at radius 3 is 2.83 bits per heavy atom. The summed E-state index contributed by atoms with van der Waals surface area (Å²) in [6.07, 6.45) is 13.2. The second-order valence-corrected chi connectivity index (χ2v) is 12.0. The van der Waals surface area contributed by atoms with Crippen LogP contribution in [-0.4, -0.2) is 29.7 Å². The molecule has 2 bridgehead atoms. The van der Waals surface area contributed by atoms with Crippen LogP contribution in [0, 0.1) is 17.8 Å². The summed E-state index contributed by atoms with van der Waals surface area (Å²) in [5, 5.41) is 3.47. The molecular weight excluding hydrogens is 381 g/mol.